The molecule has 0 bridgehead atoms. The Balaban J connectivity index is 1.84. The molecule has 0 aliphatic heterocycles. The molecule has 0 saturated carbocycles. The minimum absolute atomic E-state index is 0.668. The topological polar surface area (TPSA) is 36.7 Å². The van der Waals surface area contributed by atoms with Gasteiger partial charge in [0.15, 0.2) is 0 Å². The van der Waals surface area contributed by atoms with Gasteiger partial charge in [0.1, 0.15) is 0 Å². The van der Waals surface area contributed by atoms with Gasteiger partial charge in [0, 0.05) is 17.3 Å². The van der Waals surface area contributed by atoms with Crippen LogP contribution < -0.4 is 0 Å². The molecule has 25 heavy (non-hydrogen) atoms. The van der Waals surface area contributed by atoms with E-state index in [1.54, 1.807) is 0 Å². The summed E-state index contributed by atoms with van der Waals surface area (Å²) in [6.07, 6.45) is 6.80. The van der Waals surface area contributed by atoms with E-state index in [2.05, 4.69) is 54.4 Å². The van der Waals surface area contributed by atoms with Crippen LogP contribution in [-0.4, -0.2) is 4.98 Å². The van der Waals surface area contributed by atoms with Crippen molar-refractivity contribution in [1.82, 2.24) is 4.98 Å². The number of aromatic nitrogens is 1. The van der Waals surface area contributed by atoms with E-state index < -0.39 is 0 Å². The Bertz CT molecular complexity index is 856. The average Bonchev–Trinajstić information content (AvgIpc) is 2.69. The summed E-state index contributed by atoms with van der Waals surface area (Å²) in [5, 5.41) is 8.90. The maximum atomic E-state index is 8.90. The van der Waals surface area contributed by atoms with Gasteiger partial charge in [-0.3, -0.25) is 4.98 Å². The number of nitrogens with zero attached hydrogens (tertiary/aromatic N) is 2. The second-order valence-electron chi connectivity index (χ2n) is 6.24. The first-order chi connectivity index (χ1) is 12.3. The van der Waals surface area contributed by atoms with Crippen LogP contribution in [0.2, 0.25) is 0 Å². The van der Waals surface area contributed by atoms with Crippen molar-refractivity contribution in [2.45, 2.75) is 32.6 Å². The fraction of sp³-hybridized carbons (Fsp3) is 0.217. The van der Waals surface area contributed by atoms with Crippen LogP contribution in [0.3, 0.4) is 0 Å². The summed E-state index contributed by atoms with van der Waals surface area (Å²) in [6.45, 7) is 2.23. The van der Waals surface area contributed by atoms with Crippen LogP contribution in [0.1, 0.15) is 37.3 Å². The molecule has 0 fully saturated rings. The maximum Gasteiger partial charge on any atom is 0.0991 e. The molecule has 0 saturated heterocycles. The maximum absolute atomic E-state index is 8.90. The summed E-state index contributed by atoms with van der Waals surface area (Å²) in [5.41, 5.74) is 6.45. The minimum Gasteiger partial charge on any atom is -0.256 e. The molecular formula is C23H22N2. The van der Waals surface area contributed by atoms with E-state index in [1.165, 1.54) is 30.4 Å². The number of aryl methyl sites for hydroxylation is 1. The highest BCUT2D eigenvalue weighted by Crippen LogP contribution is 2.26. The molecule has 0 atom stereocenters. The highest BCUT2D eigenvalue weighted by Gasteiger charge is 2.06. The Morgan fingerprint density at radius 1 is 0.880 bits per heavy atom. The molecule has 2 nitrogen and oxygen atoms in total. The first-order valence-corrected chi connectivity index (χ1v) is 8.86. The largest absolute Gasteiger partial charge is 0.256 e. The molecule has 0 unspecified atom stereocenters. The molecule has 1 heterocycles. The number of nitriles is 1. The molecule has 0 spiro atoms. The summed E-state index contributed by atoms with van der Waals surface area (Å²) in [6, 6.07) is 22.5. The van der Waals surface area contributed by atoms with Crippen molar-refractivity contribution in [3.8, 4) is 28.5 Å². The monoisotopic (exact) mass is 326 g/mol. The molecule has 124 valence electrons. The van der Waals surface area contributed by atoms with E-state index in [9.17, 15) is 0 Å². The molecule has 2 aromatic carbocycles. The predicted molar refractivity (Wildman–Crippen MR) is 103 cm³/mol. The number of hydrogen-bond donors (Lipinski definition) is 0. The molecule has 3 aromatic rings. The van der Waals surface area contributed by atoms with Crippen LogP contribution in [0.15, 0.2) is 66.9 Å². The molecule has 0 radical (unpaired) electrons. The van der Waals surface area contributed by atoms with Gasteiger partial charge in [-0.15, -0.1) is 0 Å². The van der Waals surface area contributed by atoms with Crippen LogP contribution in [0, 0.1) is 11.3 Å². The van der Waals surface area contributed by atoms with E-state index in [-0.39, 0.29) is 0 Å². The highest BCUT2D eigenvalue weighted by atomic mass is 14.7. The van der Waals surface area contributed by atoms with E-state index in [4.69, 9.17) is 5.26 Å². The molecule has 0 aliphatic rings. The number of rotatable bonds is 6. The zero-order chi connectivity index (χ0) is 17.5. The third-order valence-corrected chi connectivity index (χ3v) is 4.45. The fourth-order valence-electron chi connectivity index (χ4n) is 3.02. The standard InChI is InChI=1S/C23H22N2/c1-2-3-4-7-19-8-5-6-9-22(19)21-14-15-23(25-17-21)20-12-10-18(16-24)11-13-20/h5-6,8-15,17H,2-4,7H2,1H3. The van der Waals surface area contributed by atoms with Crippen molar-refractivity contribution in [2.75, 3.05) is 0 Å². The lowest BCUT2D eigenvalue weighted by atomic mass is 9.96. The van der Waals surface area contributed by atoms with Gasteiger partial charge in [0.2, 0.25) is 0 Å². The zero-order valence-electron chi connectivity index (χ0n) is 14.6. The lowest BCUT2D eigenvalue weighted by Gasteiger charge is -2.10. The van der Waals surface area contributed by atoms with Gasteiger partial charge in [-0.1, -0.05) is 62.2 Å². The Kier molecular flexibility index (Phi) is 5.59. The normalized spacial score (nSPS) is 10.4. The van der Waals surface area contributed by atoms with Gasteiger partial charge in [0.05, 0.1) is 17.3 Å². The molecular weight excluding hydrogens is 304 g/mol. The summed E-state index contributed by atoms with van der Waals surface area (Å²) in [4.78, 5) is 4.64. The summed E-state index contributed by atoms with van der Waals surface area (Å²) < 4.78 is 0. The van der Waals surface area contributed by atoms with E-state index >= 15 is 0 Å². The average molecular weight is 326 g/mol. The Hall–Kier alpha value is -2.92. The van der Waals surface area contributed by atoms with Crippen molar-refractivity contribution in [1.29, 1.82) is 5.26 Å². The smallest absolute Gasteiger partial charge is 0.0991 e. The van der Waals surface area contributed by atoms with Crippen LogP contribution in [0.25, 0.3) is 22.4 Å². The molecule has 2 heteroatoms. The SMILES string of the molecule is CCCCCc1ccccc1-c1ccc(-c2ccc(C#N)cc2)nc1. The first-order valence-electron chi connectivity index (χ1n) is 8.86. The molecule has 0 amide bonds. The molecule has 0 aliphatic carbocycles. The van der Waals surface area contributed by atoms with Crippen molar-refractivity contribution in [3.05, 3.63) is 78.0 Å². The third kappa shape index (κ3) is 4.14. The first kappa shape index (κ1) is 16.9. The molecule has 0 N–H and O–H groups in total. The molecule has 3 rings (SSSR count). The fourth-order valence-corrected chi connectivity index (χ4v) is 3.02. The van der Waals surface area contributed by atoms with Gasteiger partial charge in [-0.25, -0.2) is 0 Å². The number of benzene rings is 2. The third-order valence-electron chi connectivity index (χ3n) is 4.45. The molecule has 1 aromatic heterocycles. The Morgan fingerprint density at radius 2 is 1.64 bits per heavy atom. The second-order valence-corrected chi connectivity index (χ2v) is 6.24. The number of pyridine rings is 1. The number of hydrogen-bond acceptors (Lipinski definition) is 2. The Labute approximate surface area is 149 Å². The van der Waals surface area contributed by atoms with Crippen LogP contribution >= 0.6 is 0 Å². The van der Waals surface area contributed by atoms with Crippen LogP contribution in [0.5, 0.6) is 0 Å². The van der Waals surface area contributed by atoms with Crippen molar-refractivity contribution >= 4 is 0 Å². The number of unbranched alkanes of at least 4 members (excludes halogenated alkanes) is 2. The van der Waals surface area contributed by atoms with Crippen LogP contribution in [0.4, 0.5) is 0 Å². The second kappa shape index (κ2) is 8.26. The van der Waals surface area contributed by atoms with Crippen LogP contribution in [-0.2, 0) is 6.42 Å². The summed E-state index contributed by atoms with van der Waals surface area (Å²) in [7, 11) is 0. The summed E-state index contributed by atoms with van der Waals surface area (Å²) in [5.74, 6) is 0. The lowest BCUT2D eigenvalue weighted by Crippen LogP contribution is -1.92. The van der Waals surface area contributed by atoms with Gasteiger partial charge in [-0.05, 0) is 42.2 Å². The van der Waals surface area contributed by atoms with E-state index in [0.717, 1.165) is 23.2 Å². The summed E-state index contributed by atoms with van der Waals surface area (Å²) >= 11 is 0. The van der Waals surface area contributed by atoms with Crippen molar-refractivity contribution < 1.29 is 0 Å². The van der Waals surface area contributed by atoms with E-state index in [0.29, 0.717) is 5.56 Å². The minimum atomic E-state index is 0.668. The zero-order valence-corrected chi connectivity index (χ0v) is 14.6. The predicted octanol–water partition coefficient (Wildman–Crippen LogP) is 6.02. The van der Waals surface area contributed by atoms with Gasteiger partial charge >= 0.3 is 0 Å². The Morgan fingerprint density at radius 3 is 2.32 bits per heavy atom. The highest BCUT2D eigenvalue weighted by molar-refractivity contribution is 5.69. The van der Waals surface area contributed by atoms with Crippen molar-refractivity contribution in [3.63, 3.8) is 0 Å². The van der Waals surface area contributed by atoms with Gasteiger partial charge < -0.3 is 0 Å². The van der Waals surface area contributed by atoms with Gasteiger partial charge in [0.25, 0.3) is 0 Å². The van der Waals surface area contributed by atoms with Gasteiger partial charge in [-0.2, -0.15) is 5.26 Å². The van der Waals surface area contributed by atoms with E-state index in [1.807, 2.05) is 30.5 Å². The lowest BCUT2D eigenvalue weighted by molar-refractivity contribution is 0.718. The van der Waals surface area contributed by atoms with Crippen molar-refractivity contribution in [2.24, 2.45) is 0 Å². The quantitative estimate of drug-likeness (QED) is 0.519.